The molecule has 2 aromatic heterocycles. The van der Waals surface area contributed by atoms with Gasteiger partial charge in [0.15, 0.2) is 0 Å². The van der Waals surface area contributed by atoms with Crippen molar-refractivity contribution in [3.63, 3.8) is 0 Å². The van der Waals surface area contributed by atoms with Gasteiger partial charge in [0.05, 0.1) is 11.4 Å². The summed E-state index contributed by atoms with van der Waals surface area (Å²) in [5, 5.41) is 8.80. The van der Waals surface area contributed by atoms with Crippen LogP contribution in [0, 0.1) is 0 Å². The predicted molar refractivity (Wildman–Crippen MR) is 185 cm³/mol. The number of thioether (sulfide) groups is 2. The van der Waals surface area contributed by atoms with Crippen LogP contribution in [0.25, 0.3) is 0 Å². The average Bonchev–Trinajstić information content (AvgIpc) is 2.99. The Morgan fingerprint density at radius 3 is 1.32 bits per heavy atom. The third kappa shape index (κ3) is 7.72. The molecule has 0 atom stereocenters. The molecule has 1 fully saturated rings. The molecule has 0 unspecified atom stereocenters. The van der Waals surface area contributed by atoms with E-state index in [1.165, 1.54) is 11.1 Å². The second kappa shape index (κ2) is 15.2. The summed E-state index contributed by atoms with van der Waals surface area (Å²) < 4.78 is 0. The van der Waals surface area contributed by atoms with Crippen molar-refractivity contribution in [2.45, 2.75) is 73.5 Å². The fourth-order valence-corrected chi connectivity index (χ4v) is 7.38. The first kappa shape index (κ1) is 32.2. The maximum Gasteiger partial charge on any atom is 0.224 e. The van der Waals surface area contributed by atoms with Crippen molar-refractivity contribution in [2.75, 3.05) is 35.2 Å². The summed E-state index contributed by atoms with van der Waals surface area (Å²) in [4.78, 5) is 20.0. The van der Waals surface area contributed by atoms with Crippen LogP contribution in [-0.2, 0) is 0 Å². The highest BCUT2D eigenvalue weighted by atomic mass is 32.2. The van der Waals surface area contributed by atoms with Gasteiger partial charge in [0.25, 0.3) is 0 Å². The zero-order valence-corrected chi connectivity index (χ0v) is 27.6. The Kier molecular flexibility index (Phi) is 11.1. The topological polar surface area (TPSA) is 128 Å². The number of nitrogens with zero attached hydrogens (tertiary/aromatic N) is 4. The average molecular weight is 629 g/mol. The standard InChI is InChI=1S/C34H44N8S2/c1-21(2)37-33-39-25(19-27(41-33)43-17-15-35)31-29(23-11-7-5-8-12-23)32(30(31)24-13-9-6-10-14-24)26-20-28(44-18-16-36)42-34(40-26)38-22(3)4/h5-14,19-22,29-32H,15-18,35-36H2,1-4H3,(H,37,39,41)(H,38,40,42). The van der Waals surface area contributed by atoms with E-state index in [1.807, 2.05) is 0 Å². The normalized spacial score (nSPS) is 19.6. The molecule has 6 N–H and O–H groups in total. The largest absolute Gasteiger partial charge is 0.352 e. The minimum absolute atomic E-state index is 0.106. The lowest BCUT2D eigenvalue weighted by Crippen LogP contribution is -2.41. The van der Waals surface area contributed by atoms with Crippen molar-refractivity contribution in [1.82, 2.24) is 19.9 Å². The first-order chi connectivity index (χ1) is 21.4. The number of nitrogens with two attached hydrogens (primary N) is 2. The van der Waals surface area contributed by atoms with Gasteiger partial charge in [-0.05, 0) is 51.0 Å². The number of rotatable bonds is 14. The first-order valence-electron chi connectivity index (χ1n) is 15.4. The summed E-state index contributed by atoms with van der Waals surface area (Å²) in [6.07, 6.45) is 0. The third-order valence-electron chi connectivity index (χ3n) is 7.62. The zero-order valence-electron chi connectivity index (χ0n) is 26.0. The lowest BCUT2D eigenvalue weighted by molar-refractivity contribution is 0.219. The number of aromatic nitrogens is 4. The van der Waals surface area contributed by atoms with Gasteiger partial charge in [-0.15, -0.1) is 23.5 Å². The number of hydrogen-bond acceptors (Lipinski definition) is 10. The molecule has 0 spiro atoms. The second-order valence-electron chi connectivity index (χ2n) is 11.7. The zero-order chi connectivity index (χ0) is 31.1. The van der Waals surface area contributed by atoms with Crippen molar-refractivity contribution in [3.05, 3.63) is 95.3 Å². The van der Waals surface area contributed by atoms with E-state index in [4.69, 9.17) is 31.4 Å². The van der Waals surface area contributed by atoms with Gasteiger partial charge in [0.2, 0.25) is 11.9 Å². The Labute approximate surface area is 270 Å². The van der Waals surface area contributed by atoms with Gasteiger partial charge >= 0.3 is 0 Å². The maximum atomic E-state index is 5.89. The van der Waals surface area contributed by atoms with Crippen LogP contribution >= 0.6 is 23.5 Å². The molecule has 0 bridgehead atoms. The van der Waals surface area contributed by atoms with Crippen LogP contribution in [0.15, 0.2) is 82.8 Å². The van der Waals surface area contributed by atoms with Crippen LogP contribution in [0.5, 0.6) is 0 Å². The van der Waals surface area contributed by atoms with Crippen molar-refractivity contribution < 1.29 is 0 Å². The van der Waals surface area contributed by atoms with Crippen LogP contribution < -0.4 is 22.1 Å². The Morgan fingerprint density at radius 1 is 0.591 bits per heavy atom. The number of anilines is 2. The molecule has 8 nitrogen and oxygen atoms in total. The molecule has 4 aromatic rings. The quantitative estimate of drug-likeness (QED) is 0.0913. The molecule has 1 aliphatic carbocycles. The van der Waals surface area contributed by atoms with Crippen molar-refractivity contribution >= 4 is 35.4 Å². The Bertz CT molecular complexity index is 1360. The molecule has 10 heteroatoms. The fraction of sp³-hybridized carbons (Fsp3) is 0.412. The Morgan fingerprint density at radius 2 is 0.977 bits per heavy atom. The van der Waals surface area contributed by atoms with Gasteiger partial charge in [-0.3, -0.25) is 0 Å². The van der Waals surface area contributed by atoms with Gasteiger partial charge in [-0.2, -0.15) is 0 Å². The van der Waals surface area contributed by atoms with E-state index >= 15 is 0 Å². The summed E-state index contributed by atoms with van der Waals surface area (Å²) >= 11 is 3.36. The molecule has 0 saturated heterocycles. The lowest BCUT2D eigenvalue weighted by atomic mass is 9.50. The van der Waals surface area contributed by atoms with Gasteiger partial charge in [0.1, 0.15) is 10.1 Å². The number of nitrogens with one attached hydrogen (secondary N) is 2. The maximum absolute atomic E-state index is 5.89. The highest BCUT2D eigenvalue weighted by Crippen LogP contribution is 2.66. The fourth-order valence-electron chi connectivity index (χ4n) is 6.01. The summed E-state index contributed by atoms with van der Waals surface area (Å²) in [5.41, 5.74) is 16.4. The SMILES string of the molecule is CC(C)Nc1nc(SCCN)cc(C2C(c3ccccc3)C(c3cc(SCCN)nc(NC(C)C)n3)C2c2ccccc2)n1. The van der Waals surface area contributed by atoms with E-state index in [0.717, 1.165) is 32.9 Å². The molecule has 0 aliphatic heterocycles. The second-order valence-corrected chi connectivity index (χ2v) is 13.9. The van der Waals surface area contributed by atoms with E-state index < -0.39 is 0 Å². The Balaban J connectivity index is 1.69. The predicted octanol–water partition coefficient (Wildman–Crippen LogP) is 6.46. The highest BCUT2D eigenvalue weighted by Gasteiger charge is 2.54. The molecule has 1 saturated carbocycles. The molecular weight excluding hydrogens is 585 g/mol. The molecule has 44 heavy (non-hydrogen) atoms. The number of hydrogen-bond donors (Lipinski definition) is 4. The molecule has 2 aromatic carbocycles. The summed E-state index contributed by atoms with van der Waals surface area (Å²) in [7, 11) is 0. The van der Waals surface area contributed by atoms with Gasteiger partial charge in [0, 0.05) is 60.4 Å². The van der Waals surface area contributed by atoms with Crippen molar-refractivity contribution in [2.24, 2.45) is 11.5 Å². The van der Waals surface area contributed by atoms with Gasteiger partial charge in [-0.1, -0.05) is 60.7 Å². The van der Waals surface area contributed by atoms with Crippen molar-refractivity contribution in [3.8, 4) is 0 Å². The van der Waals surface area contributed by atoms with E-state index in [1.54, 1.807) is 23.5 Å². The molecule has 5 rings (SSSR count). The van der Waals surface area contributed by atoms with Crippen LogP contribution in [0.4, 0.5) is 11.9 Å². The summed E-state index contributed by atoms with van der Waals surface area (Å²) in [6.45, 7) is 9.62. The Hall–Kier alpha value is -3.18. The van der Waals surface area contributed by atoms with Gasteiger partial charge < -0.3 is 22.1 Å². The van der Waals surface area contributed by atoms with Crippen LogP contribution in [0.2, 0.25) is 0 Å². The van der Waals surface area contributed by atoms with E-state index in [2.05, 4.69) is 111 Å². The minimum atomic E-state index is 0.106. The monoisotopic (exact) mass is 628 g/mol. The van der Waals surface area contributed by atoms with E-state index in [9.17, 15) is 0 Å². The first-order valence-corrected chi connectivity index (χ1v) is 17.4. The number of benzene rings is 2. The highest BCUT2D eigenvalue weighted by molar-refractivity contribution is 7.99. The van der Waals surface area contributed by atoms with Crippen LogP contribution in [0.1, 0.15) is 73.9 Å². The molecular formula is C34H44N8S2. The molecule has 1 aliphatic rings. The molecule has 0 radical (unpaired) electrons. The molecule has 0 amide bonds. The van der Waals surface area contributed by atoms with Crippen LogP contribution in [0.3, 0.4) is 0 Å². The molecule has 2 heterocycles. The van der Waals surface area contributed by atoms with E-state index in [0.29, 0.717) is 25.0 Å². The van der Waals surface area contributed by atoms with Gasteiger partial charge in [-0.25, -0.2) is 19.9 Å². The van der Waals surface area contributed by atoms with Crippen LogP contribution in [-0.4, -0.2) is 56.6 Å². The minimum Gasteiger partial charge on any atom is -0.352 e. The van der Waals surface area contributed by atoms with E-state index in [-0.39, 0.29) is 35.8 Å². The molecule has 232 valence electrons. The lowest BCUT2D eigenvalue weighted by Gasteiger charge is -2.52. The van der Waals surface area contributed by atoms with Crippen molar-refractivity contribution in [1.29, 1.82) is 0 Å². The smallest absolute Gasteiger partial charge is 0.224 e. The third-order valence-corrected chi connectivity index (χ3v) is 9.51. The summed E-state index contributed by atoms with van der Waals surface area (Å²) in [6, 6.07) is 26.4. The summed E-state index contributed by atoms with van der Waals surface area (Å²) in [5.74, 6) is 3.41.